The van der Waals surface area contributed by atoms with E-state index >= 15 is 0 Å². The number of aromatic nitrogens is 3. The number of methoxy groups -OCH3 is 1. The number of nitrogens with zero attached hydrogens (tertiary/aromatic N) is 3. The lowest BCUT2D eigenvalue weighted by atomic mass is 10.0. The van der Waals surface area contributed by atoms with E-state index in [1.165, 1.54) is 11.8 Å². The monoisotopic (exact) mass is 453 g/mol. The van der Waals surface area contributed by atoms with E-state index in [2.05, 4.69) is 27.9 Å². The topological polar surface area (TPSA) is 90.3 Å². The van der Waals surface area contributed by atoms with Crippen molar-refractivity contribution in [2.75, 3.05) is 24.5 Å². The van der Waals surface area contributed by atoms with E-state index in [-0.39, 0.29) is 11.9 Å². The second-order valence-electron chi connectivity index (χ2n) is 7.35. The Hall–Kier alpha value is -3.20. The Balaban J connectivity index is 1.60. The SMILES string of the molecule is CCCc1nnc2n1N[C@@H](c1ccc(OC)cc1)[C@H](C(=O)Nc1ccc(OCC)cc1)S2. The van der Waals surface area contributed by atoms with Gasteiger partial charge in [-0.05, 0) is 55.3 Å². The third-order valence-electron chi connectivity index (χ3n) is 5.14. The van der Waals surface area contributed by atoms with Crippen LogP contribution in [0.25, 0.3) is 0 Å². The Morgan fingerprint density at radius 3 is 2.47 bits per heavy atom. The van der Waals surface area contributed by atoms with Crippen LogP contribution < -0.4 is 20.2 Å². The summed E-state index contributed by atoms with van der Waals surface area (Å²) in [6.07, 6.45) is 1.76. The molecule has 2 aromatic carbocycles. The van der Waals surface area contributed by atoms with Crippen LogP contribution in [-0.4, -0.2) is 39.7 Å². The van der Waals surface area contributed by atoms with Crippen molar-refractivity contribution in [2.24, 2.45) is 0 Å². The first kappa shape index (κ1) is 22.0. The quantitative estimate of drug-likeness (QED) is 0.532. The number of hydrogen-bond donors (Lipinski definition) is 2. The van der Waals surface area contributed by atoms with E-state index in [0.717, 1.165) is 35.7 Å². The Bertz CT molecular complexity index is 1050. The number of fused-ring (bicyclic) bond motifs is 1. The molecule has 2 atom stereocenters. The number of carbonyl (C=O) groups excluding carboxylic acids is 1. The number of rotatable bonds is 8. The molecule has 0 bridgehead atoms. The van der Waals surface area contributed by atoms with E-state index in [0.29, 0.717) is 17.5 Å². The fraction of sp³-hybridized carbons (Fsp3) is 0.348. The van der Waals surface area contributed by atoms with Crippen LogP contribution in [0.2, 0.25) is 0 Å². The molecule has 4 rings (SSSR count). The van der Waals surface area contributed by atoms with Crippen LogP contribution in [0.5, 0.6) is 11.5 Å². The van der Waals surface area contributed by atoms with Gasteiger partial charge in [0.1, 0.15) is 16.7 Å². The molecule has 168 valence electrons. The minimum absolute atomic E-state index is 0.112. The number of hydrogen-bond acceptors (Lipinski definition) is 7. The predicted molar refractivity (Wildman–Crippen MR) is 125 cm³/mol. The van der Waals surface area contributed by atoms with Crippen LogP contribution in [0.3, 0.4) is 0 Å². The van der Waals surface area contributed by atoms with Crippen LogP contribution in [-0.2, 0) is 11.2 Å². The first-order chi connectivity index (χ1) is 15.6. The standard InChI is InChI=1S/C23H27N5O3S/c1-4-6-19-25-26-23-28(19)27-20(15-7-11-17(30-3)12-8-15)21(32-23)22(29)24-16-9-13-18(14-10-16)31-5-2/h7-14,20-21,27H,4-6H2,1-3H3,(H,24,29)/t20-,21+/m0/s1. The van der Waals surface area contributed by atoms with E-state index in [1.807, 2.05) is 60.1 Å². The largest absolute Gasteiger partial charge is 0.497 e. The molecule has 0 saturated heterocycles. The zero-order valence-electron chi connectivity index (χ0n) is 18.4. The van der Waals surface area contributed by atoms with Gasteiger partial charge in [0, 0.05) is 12.1 Å². The highest BCUT2D eigenvalue weighted by Crippen LogP contribution is 2.38. The lowest BCUT2D eigenvalue weighted by Crippen LogP contribution is -2.41. The zero-order valence-corrected chi connectivity index (χ0v) is 19.2. The molecule has 3 aromatic rings. The maximum Gasteiger partial charge on any atom is 0.240 e. The minimum Gasteiger partial charge on any atom is -0.497 e. The molecule has 2 N–H and O–H groups in total. The van der Waals surface area contributed by atoms with Crippen molar-refractivity contribution in [3.8, 4) is 11.5 Å². The summed E-state index contributed by atoms with van der Waals surface area (Å²) in [7, 11) is 1.64. The van der Waals surface area contributed by atoms with Gasteiger partial charge in [0.15, 0.2) is 5.82 Å². The third-order valence-corrected chi connectivity index (χ3v) is 6.36. The van der Waals surface area contributed by atoms with Crippen molar-refractivity contribution < 1.29 is 14.3 Å². The van der Waals surface area contributed by atoms with Gasteiger partial charge in [-0.1, -0.05) is 30.8 Å². The summed E-state index contributed by atoms with van der Waals surface area (Å²) in [6.45, 7) is 4.64. The van der Waals surface area contributed by atoms with E-state index in [9.17, 15) is 4.79 Å². The number of aryl methyl sites for hydroxylation is 1. The van der Waals surface area contributed by atoms with Gasteiger partial charge in [-0.2, -0.15) is 0 Å². The zero-order chi connectivity index (χ0) is 22.5. The molecule has 32 heavy (non-hydrogen) atoms. The van der Waals surface area contributed by atoms with Gasteiger partial charge >= 0.3 is 0 Å². The van der Waals surface area contributed by atoms with Crippen molar-refractivity contribution in [3.63, 3.8) is 0 Å². The van der Waals surface area contributed by atoms with Crippen molar-refractivity contribution >= 4 is 23.4 Å². The summed E-state index contributed by atoms with van der Waals surface area (Å²) in [4.78, 5) is 13.3. The van der Waals surface area contributed by atoms with Gasteiger partial charge in [-0.25, -0.2) is 4.68 Å². The van der Waals surface area contributed by atoms with E-state index in [1.54, 1.807) is 7.11 Å². The number of nitrogens with one attached hydrogen (secondary N) is 2. The van der Waals surface area contributed by atoms with Crippen LogP contribution in [0, 0.1) is 0 Å². The second-order valence-corrected chi connectivity index (χ2v) is 8.46. The molecule has 1 amide bonds. The number of amides is 1. The molecular formula is C23H27N5O3S. The number of thioether (sulfide) groups is 1. The van der Waals surface area contributed by atoms with Crippen molar-refractivity contribution in [1.29, 1.82) is 0 Å². The lowest BCUT2D eigenvalue weighted by molar-refractivity contribution is -0.116. The smallest absolute Gasteiger partial charge is 0.240 e. The molecule has 0 unspecified atom stereocenters. The summed E-state index contributed by atoms with van der Waals surface area (Å²) < 4.78 is 12.7. The van der Waals surface area contributed by atoms with Crippen molar-refractivity contribution in [3.05, 3.63) is 59.9 Å². The summed E-state index contributed by atoms with van der Waals surface area (Å²) >= 11 is 1.41. The summed E-state index contributed by atoms with van der Waals surface area (Å²) in [5.74, 6) is 2.29. The van der Waals surface area contributed by atoms with Crippen molar-refractivity contribution in [2.45, 2.75) is 43.1 Å². The van der Waals surface area contributed by atoms with E-state index in [4.69, 9.17) is 9.47 Å². The highest BCUT2D eigenvalue weighted by atomic mass is 32.2. The maximum absolute atomic E-state index is 13.3. The molecule has 2 heterocycles. The molecule has 1 aromatic heterocycles. The molecule has 0 spiro atoms. The summed E-state index contributed by atoms with van der Waals surface area (Å²) in [5.41, 5.74) is 5.17. The van der Waals surface area contributed by atoms with Gasteiger partial charge in [0.25, 0.3) is 0 Å². The number of ether oxygens (including phenoxy) is 2. The predicted octanol–water partition coefficient (Wildman–Crippen LogP) is 4.04. The average molecular weight is 454 g/mol. The lowest BCUT2D eigenvalue weighted by Gasteiger charge is -2.33. The Labute approximate surface area is 191 Å². The van der Waals surface area contributed by atoms with Crippen LogP contribution in [0.4, 0.5) is 5.69 Å². The van der Waals surface area contributed by atoms with Crippen LogP contribution >= 0.6 is 11.8 Å². The Morgan fingerprint density at radius 2 is 1.81 bits per heavy atom. The van der Waals surface area contributed by atoms with Crippen LogP contribution in [0.15, 0.2) is 53.7 Å². The molecule has 0 aliphatic carbocycles. The number of carbonyl (C=O) groups is 1. The maximum atomic E-state index is 13.3. The van der Waals surface area contributed by atoms with Gasteiger partial charge in [-0.15, -0.1) is 10.2 Å². The van der Waals surface area contributed by atoms with Gasteiger partial charge in [-0.3, -0.25) is 4.79 Å². The molecule has 9 heteroatoms. The van der Waals surface area contributed by atoms with Crippen molar-refractivity contribution in [1.82, 2.24) is 14.9 Å². The second kappa shape index (κ2) is 9.95. The fourth-order valence-electron chi connectivity index (χ4n) is 3.56. The summed E-state index contributed by atoms with van der Waals surface area (Å²) in [5, 5.41) is 11.9. The first-order valence-electron chi connectivity index (χ1n) is 10.7. The van der Waals surface area contributed by atoms with Gasteiger partial charge in [0.05, 0.1) is 19.8 Å². The Morgan fingerprint density at radius 1 is 1.09 bits per heavy atom. The number of benzene rings is 2. The highest BCUT2D eigenvalue weighted by Gasteiger charge is 2.37. The van der Waals surface area contributed by atoms with Gasteiger partial charge < -0.3 is 20.2 Å². The number of anilines is 1. The van der Waals surface area contributed by atoms with Crippen LogP contribution in [0.1, 0.15) is 37.7 Å². The molecule has 0 radical (unpaired) electrons. The molecule has 1 aliphatic heterocycles. The molecule has 8 nitrogen and oxygen atoms in total. The normalized spacial score (nSPS) is 17.2. The highest BCUT2D eigenvalue weighted by molar-refractivity contribution is 8.00. The average Bonchev–Trinajstić information content (AvgIpc) is 3.22. The van der Waals surface area contributed by atoms with E-state index < -0.39 is 5.25 Å². The fourth-order valence-corrected chi connectivity index (χ4v) is 4.66. The Kier molecular flexibility index (Phi) is 6.84. The molecule has 0 fully saturated rings. The van der Waals surface area contributed by atoms with Gasteiger partial charge in [0.2, 0.25) is 11.1 Å². The third kappa shape index (κ3) is 4.67. The molecular weight excluding hydrogens is 426 g/mol. The minimum atomic E-state index is -0.443. The molecule has 1 aliphatic rings. The first-order valence-corrected chi connectivity index (χ1v) is 11.6. The summed E-state index contributed by atoms with van der Waals surface area (Å²) in [6, 6.07) is 14.9. The molecule has 0 saturated carbocycles.